The Bertz CT molecular complexity index is 1270. The van der Waals surface area contributed by atoms with E-state index in [1.165, 1.54) is 5.57 Å². The Kier molecular flexibility index (Phi) is 8.04. The van der Waals surface area contributed by atoms with E-state index >= 15 is 0 Å². The first kappa shape index (κ1) is 25.7. The Morgan fingerprint density at radius 2 is 1.57 bits per heavy atom. The summed E-state index contributed by atoms with van der Waals surface area (Å²) in [5.41, 5.74) is 3.24. The number of aromatic nitrogens is 1. The molecule has 3 aromatic rings. The van der Waals surface area contributed by atoms with Crippen molar-refractivity contribution in [3.8, 4) is 16.3 Å². The van der Waals surface area contributed by atoms with Crippen molar-refractivity contribution in [2.45, 2.75) is 71.3 Å². The lowest BCUT2D eigenvalue weighted by Crippen LogP contribution is -2.42. The SMILES string of the molecule is C/C=C(/C)C1CCC(C(=O)NC2CCC(C(=O)Oc3cccc4sc(-c5ccccc5)nc34)CC2)CC1. The molecule has 0 radical (unpaired) electrons. The summed E-state index contributed by atoms with van der Waals surface area (Å²) in [6.45, 7) is 4.30. The van der Waals surface area contributed by atoms with E-state index in [0.717, 1.165) is 72.2 Å². The molecule has 37 heavy (non-hydrogen) atoms. The zero-order chi connectivity index (χ0) is 25.8. The van der Waals surface area contributed by atoms with Gasteiger partial charge in [-0.1, -0.05) is 48.0 Å². The molecule has 0 aliphatic heterocycles. The highest BCUT2D eigenvalue weighted by atomic mass is 32.1. The number of para-hydroxylation sites is 1. The van der Waals surface area contributed by atoms with Gasteiger partial charge in [0.1, 0.15) is 10.5 Å². The van der Waals surface area contributed by atoms with E-state index in [1.54, 1.807) is 11.3 Å². The fourth-order valence-corrected chi connectivity index (χ4v) is 6.73. The van der Waals surface area contributed by atoms with Crippen LogP contribution in [0.25, 0.3) is 20.8 Å². The topological polar surface area (TPSA) is 68.3 Å². The lowest BCUT2D eigenvalue weighted by molar-refractivity contribution is -0.140. The van der Waals surface area contributed by atoms with Crippen molar-refractivity contribution in [1.29, 1.82) is 0 Å². The number of nitrogens with one attached hydrogen (secondary N) is 1. The summed E-state index contributed by atoms with van der Waals surface area (Å²) >= 11 is 1.60. The zero-order valence-electron chi connectivity index (χ0n) is 21.7. The number of amides is 1. The fourth-order valence-electron chi connectivity index (χ4n) is 5.74. The fraction of sp³-hybridized carbons (Fsp3) is 0.452. The molecule has 2 aliphatic carbocycles. The molecule has 1 heterocycles. The van der Waals surface area contributed by atoms with Crippen LogP contribution >= 0.6 is 11.3 Å². The van der Waals surface area contributed by atoms with E-state index in [0.29, 0.717) is 11.7 Å². The lowest BCUT2D eigenvalue weighted by Gasteiger charge is -2.32. The lowest BCUT2D eigenvalue weighted by atomic mass is 9.78. The van der Waals surface area contributed by atoms with E-state index < -0.39 is 0 Å². The van der Waals surface area contributed by atoms with Crippen LogP contribution in [0, 0.1) is 17.8 Å². The van der Waals surface area contributed by atoms with Crippen molar-refractivity contribution in [2.24, 2.45) is 17.8 Å². The van der Waals surface area contributed by atoms with Gasteiger partial charge in [0.2, 0.25) is 5.91 Å². The first-order valence-electron chi connectivity index (χ1n) is 13.6. The second kappa shape index (κ2) is 11.6. The number of rotatable bonds is 6. The summed E-state index contributed by atoms with van der Waals surface area (Å²) in [4.78, 5) is 30.7. The number of hydrogen-bond donors (Lipinski definition) is 1. The number of hydrogen-bond acceptors (Lipinski definition) is 5. The Balaban J connectivity index is 1.13. The smallest absolute Gasteiger partial charge is 0.314 e. The van der Waals surface area contributed by atoms with Crippen molar-refractivity contribution in [3.05, 3.63) is 60.2 Å². The second-order valence-electron chi connectivity index (χ2n) is 10.5. The Morgan fingerprint density at radius 1 is 0.892 bits per heavy atom. The summed E-state index contributed by atoms with van der Waals surface area (Å²) in [6, 6.07) is 16.0. The summed E-state index contributed by atoms with van der Waals surface area (Å²) in [7, 11) is 0. The molecule has 2 aromatic carbocycles. The van der Waals surface area contributed by atoms with Gasteiger partial charge in [0.25, 0.3) is 0 Å². The van der Waals surface area contributed by atoms with Gasteiger partial charge < -0.3 is 10.1 Å². The van der Waals surface area contributed by atoms with Gasteiger partial charge >= 0.3 is 5.97 Å². The molecule has 1 amide bonds. The molecule has 0 unspecified atom stereocenters. The molecule has 0 spiro atoms. The van der Waals surface area contributed by atoms with Crippen LogP contribution in [0.2, 0.25) is 0 Å². The van der Waals surface area contributed by atoms with Crippen LogP contribution in [0.15, 0.2) is 60.2 Å². The number of esters is 1. The standard InChI is InChI=1S/C31H36N2O3S/c1-3-20(2)21-12-14-22(15-13-21)29(34)32-25-18-16-24(17-19-25)31(35)36-26-10-7-11-27-28(26)33-30(37-27)23-8-5-4-6-9-23/h3-11,21-22,24-25H,12-19H2,1-2H3,(H,32,34)/b20-3-. The van der Waals surface area contributed by atoms with Gasteiger partial charge in [0.15, 0.2) is 5.75 Å². The first-order chi connectivity index (χ1) is 18.0. The third kappa shape index (κ3) is 5.96. The van der Waals surface area contributed by atoms with E-state index in [4.69, 9.17) is 9.72 Å². The molecule has 0 saturated heterocycles. The van der Waals surface area contributed by atoms with Gasteiger partial charge in [0.05, 0.1) is 10.6 Å². The van der Waals surface area contributed by atoms with Crippen LogP contribution < -0.4 is 10.1 Å². The van der Waals surface area contributed by atoms with E-state index in [1.807, 2.05) is 48.5 Å². The molecule has 2 saturated carbocycles. The molecule has 5 nitrogen and oxygen atoms in total. The molecule has 0 bridgehead atoms. The molecular weight excluding hydrogens is 480 g/mol. The number of thiazole rings is 1. The average Bonchev–Trinajstić information content (AvgIpc) is 3.39. The number of ether oxygens (including phenoxy) is 1. The highest BCUT2D eigenvalue weighted by molar-refractivity contribution is 7.21. The number of fused-ring (bicyclic) bond motifs is 1. The van der Waals surface area contributed by atoms with Gasteiger partial charge in [-0.25, -0.2) is 4.98 Å². The minimum absolute atomic E-state index is 0.128. The van der Waals surface area contributed by atoms with E-state index in [2.05, 4.69) is 25.2 Å². The molecular formula is C31H36N2O3S. The second-order valence-corrected chi connectivity index (χ2v) is 11.6. The number of allylic oxidation sites excluding steroid dienone is 2. The minimum Gasteiger partial charge on any atom is -0.424 e. The Labute approximate surface area is 223 Å². The van der Waals surface area contributed by atoms with Crippen molar-refractivity contribution >= 4 is 33.4 Å². The predicted octanol–water partition coefficient (Wildman–Crippen LogP) is 7.32. The summed E-state index contributed by atoms with van der Waals surface area (Å²) < 4.78 is 6.88. The number of carbonyl (C=O) groups is 2. The molecule has 0 atom stereocenters. The van der Waals surface area contributed by atoms with Crippen molar-refractivity contribution in [3.63, 3.8) is 0 Å². The Morgan fingerprint density at radius 3 is 2.27 bits per heavy atom. The summed E-state index contributed by atoms with van der Waals surface area (Å²) in [6.07, 6.45) is 9.45. The minimum atomic E-state index is -0.191. The normalized spacial score (nSPS) is 24.5. The molecule has 6 heteroatoms. The Hall–Kier alpha value is -2.99. The first-order valence-corrected chi connectivity index (χ1v) is 14.4. The third-order valence-corrected chi connectivity index (χ3v) is 9.29. The number of carbonyl (C=O) groups excluding carboxylic acids is 2. The van der Waals surface area contributed by atoms with Crippen molar-refractivity contribution in [1.82, 2.24) is 10.3 Å². The molecule has 194 valence electrons. The molecule has 1 aromatic heterocycles. The molecule has 1 N–H and O–H groups in total. The van der Waals surface area contributed by atoms with Gasteiger partial charge in [-0.05, 0) is 83.3 Å². The van der Waals surface area contributed by atoms with E-state index in [-0.39, 0.29) is 29.8 Å². The largest absolute Gasteiger partial charge is 0.424 e. The van der Waals surface area contributed by atoms with Crippen LogP contribution in [0.4, 0.5) is 0 Å². The average molecular weight is 517 g/mol. The molecule has 5 rings (SSSR count). The molecule has 2 aliphatic rings. The van der Waals surface area contributed by atoms with Gasteiger partial charge in [0, 0.05) is 17.5 Å². The monoisotopic (exact) mass is 516 g/mol. The maximum Gasteiger partial charge on any atom is 0.314 e. The van der Waals surface area contributed by atoms with Crippen molar-refractivity contribution < 1.29 is 14.3 Å². The van der Waals surface area contributed by atoms with E-state index in [9.17, 15) is 9.59 Å². The molecule has 2 fully saturated rings. The number of benzene rings is 2. The van der Waals surface area contributed by atoms with Crippen molar-refractivity contribution in [2.75, 3.05) is 0 Å². The predicted molar refractivity (Wildman–Crippen MR) is 149 cm³/mol. The van der Waals surface area contributed by atoms with Crippen LogP contribution in [-0.2, 0) is 9.59 Å². The summed E-state index contributed by atoms with van der Waals surface area (Å²) in [5, 5.41) is 4.20. The van der Waals surface area contributed by atoms with Gasteiger partial charge in [-0.2, -0.15) is 0 Å². The quantitative estimate of drug-likeness (QED) is 0.212. The maximum atomic E-state index is 13.0. The van der Waals surface area contributed by atoms with Crippen LogP contribution in [-0.4, -0.2) is 22.9 Å². The number of nitrogens with zero attached hydrogens (tertiary/aromatic N) is 1. The van der Waals surface area contributed by atoms with Crippen LogP contribution in [0.5, 0.6) is 5.75 Å². The highest BCUT2D eigenvalue weighted by Crippen LogP contribution is 2.36. The van der Waals surface area contributed by atoms with Gasteiger partial charge in [-0.15, -0.1) is 11.3 Å². The third-order valence-electron chi connectivity index (χ3n) is 8.22. The van der Waals surface area contributed by atoms with Crippen LogP contribution in [0.3, 0.4) is 0 Å². The van der Waals surface area contributed by atoms with Crippen LogP contribution in [0.1, 0.15) is 65.2 Å². The zero-order valence-corrected chi connectivity index (χ0v) is 22.6. The highest BCUT2D eigenvalue weighted by Gasteiger charge is 2.32. The summed E-state index contributed by atoms with van der Waals surface area (Å²) in [5.74, 6) is 1.16. The maximum absolute atomic E-state index is 13.0. The van der Waals surface area contributed by atoms with Gasteiger partial charge in [-0.3, -0.25) is 9.59 Å².